The zero-order chi connectivity index (χ0) is 15.4. The molecule has 0 aromatic heterocycles. The quantitative estimate of drug-likeness (QED) is 0.697. The van der Waals surface area contributed by atoms with Gasteiger partial charge in [0.2, 0.25) is 0 Å². The highest BCUT2D eigenvalue weighted by molar-refractivity contribution is 5.98. The summed E-state index contributed by atoms with van der Waals surface area (Å²) in [7, 11) is 0. The minimum Gasteiger partial charge on any atom is -0.481 e. The molecule has 1 aliphatic rings. The third-order valence-corrected chi connectivity index (χ3v) is 3.13. The van der Waals surface area contributed by atoms with Crippen LogP contribution in [-0.4, -0.2) is 42.9 Å². The molecular formula is C13H15N3O5. The number of hydrogen-bond donors (Lipinski definition) is 3. The van der Waals surface area contributed by atoms with Crippen molar-refractivity contribution in [1.29, 1.82) is 0 Å². The van der Waals surface area contributed by atoms with Crippen LogP contribution in [0.25, 0.3) is 0 Å². The van der Waals surface area contributed by atoms with E-state index in [0.29, 0.717) is 11.3 Å². The molecule has 3 amide bonds. The summed E-state index contributed by atoms with van der Waals surface area (Å²) in [4.78, 5) is 35.1. The van der Waals surface area contributed by atoms with Crippen molar-refractivity contribution in [2.75, 3.05) is 24.6 Å². The molecular weight excluding hydrogens is 278 g/mol. The molecule has 112 valence electrons. The van der Waals surface area contributed by atoms with E-state index in [-0.39, 0.29) is 19.7 Å². The Kier molecular flexibility index (Phi) is 4.27. The van der Waals surface area contributed by atoms with Gasteiger partial charge in [-0.2, -0.15) is 0 Å². The fourth-order valence-corrected chi connectivity index (χ4v) is 2.22. The molecule has 0 fully saturated rings. The SMILES string of the molecule is NC(=O)OCCNC(=O)N1CC(C(=O)O)c2ccccc21. The summed E-state index contributed by atoms with van der Waals surface area (Å²) in [5.74, 6) is -1.72. The minimum atomic E-state index is -0.977. The summed E-state index contributed by atoms with van der Waals surface area (Å²) in [6, 6.07) is 6.41. The summed E-state index contributed by atoms with van der Waals surface area (Å²) in [6.07, 6.45) is -0.915. The topological polar surface area (TPSA) is 122 Å². The number of nitrogens with two attached hydrogens (primary N) is 1. The van der Waals surface area contributed by atoms with Crippen LogP contribution in [0.1, 0.15) is 11.5 Å². The molecule has 8 nitrogen and oxygen atoms in total. The molecule has 21 heavy (non-hydrogen) atoms. The Morgan fingerprint density at radius 3 is 2.76 bits per heavy atom. The molecule has 1 atom stereocenters. The van der Waals surface area contributed by atoms with Gasteiger partial charge in [-0.25, -0.2) is 9.59 Å². The van der Waals surface area contributed by atoms with Gasteiger partial charge in [0.1, 0.15) is 12.5 Å². The normalized spacial score (nSPS) is 16.2. The van der Waals surface area contributed by atoms with Gasteiger partial charge < -0.3 is 20.9 Å². The molecule has 1 aromatic rings. The number of amides is 3. The Labute approximate surface area is 120 Å². The van der Waals surface area contributed by atoms with Gasteiger partial charge in [-0.05, 0) is 11.6 Å². The first kappa shape index (κ1) is 14.6. The summed E-state index contributed by atoms with van der Waals surface area (Å²) < 4.78 is 4.50. The first-order chi connectivity index (χ1) is 10.0. The lowest BCUT2D eigenvalue weighted by Crippen LogP contribution is -2.41. The van der Waals surface area contributed by atoms with Crippen molar-refractivity contribution in [3.63, 3.8) is 0 Å². The first-order valence-electron chi connectivity index (χ1n) is 6.30. The molecule has 4 N–H and O–H groups in total. The van der Waals surface area contributed by atoms with E-state index in [0.717, 1.165) is 0 Å². The van der Waals surface area contributed by atoms with Gasteiger partial charge in [-0.15, -0.1) is 0 Å². The average Bonchev–Trinajstić information content (AvgIpc) is 2.83. The van der Waals surface area contributed by atoms with Crippen molar-refractivity contribution in [1.82, 2.24) is 5.32 Å². The third-order valence-electron chi connectivity index (χ3n) is 3.13. The lowest BCUT2D eigenvalue weighted by Gasteiger charge is -2.18. The Morgan fingerprint density at radius 1 is 1.38 bits per heavy atom. The van der Waals surface area contributed by atoms with Crippen molar-refractivity contribution >= 4 is 23.8 Å². The van der Waals surface area contributed by atoms with Gasteiger partial charge in [0.15, 0.2) is 0 Å². The number of rotatable bonds is 4. The van der Waals surface area contributed by atoms with Gasteiger partial charge in [0, 0.05) is 12.2 Å². The molecule has 0 saturated heterocycles. The zero-order valence-electron chi connectivity index (χ0n) is 11.1. The van der Waals surface area contributed by atoms with Crippen LogP contribution in [0.4, 0.5) is 15.3 Å². The van der Waals surface area contributed by atoms with Crippen LogP contribution in [0, 0.1) is 0 Å². The lowest BCUT2D eigenvalue weighted by molar-refractivity contribution is -0.138. The Hall–Kier alpha value is -2.77. The number of nitrogens with one attached hydrogen (secondary N) is 1. The molecule has 0 bridgehead atoms. The second kappa shape index (κ2) is 6.12. The maximum absolute atomic E-state index is 12.1. The number of ether oxygens (including phenoxy) is 1. The molecule has 0 saturated carbocycles. The van der Waals surface area contributed by atoms with Crippen molar-refractivity contribution < 1.29 is 24.2 Å². The van der Waals surface area contributed by atoms with Gasteiger partial charge in [0.05, 0.1) is 6.54 Å². The van der Waals surface area contributed by atoms with Crippen LogP contribution in [-0.2, 0) is 9.53 Å². The number of para-hydroxylation sites is 1. The van der Waals surface area contributed by atoms with Crippen molar-refractivity contribution in [2.24, 2.45) is 5.73 Å². The highest BCUT2D eigenvalue weighted by Crippen LogP contribution is 2.36. The predicted molar refractivity (Wildman–Crippen MR) is 73.1 cm³/mol. The van der Waals surface area contributed by atoms with Gasteiger partial charge in [-0.1, -0.05) is 18.2 Å². The fourth-order valence-electron chi connectivity index (χ4n) is 2.22. The second-order valence-electron chi connectivity index (χ2n) is 4.46. The van der Waals surface area contributed by atoms with Crippen LogP contribution in [0.2, 0.25) is 0 Å². The summed E-state index contributed by atoms with van der Waals surface area (Å²) in [5.41, 5.74) is 5.97. The van der Waals surface area contributed by atoms with Crippen molar-refractivity contribution in [2.45, 2.75) is 5.92 Å². The molecule has 0 aliphatic carbocycles. The fraction of sp³-hybridized carbons (Fsp3) is 0.308. The number of carboxylic acid groups (broad SMARTS) is 1. The zero-order valence-corrected chi connectivity index (χ0v) is 11.1. The van der Waals surface area contributed by atoms with E-state index in [9.17, 15) is 19.5 Å². The van der Waals surface area contributed by atoms with Crippen LogP contribution < -0.4 is 16.0 Å². The Morgan fingerprint density at radius 2 is 2.10 bits per heavy atom. The number of fused-ring (bicyclic) bond motifs is 1. The van der Waals surface area contributed by atoms with E-state index >= 15 is 0 Å². The number of carbonyl (C=O) groups is 3. The largest absolute Gasteiger partial charge is 0.481 e. The maximum atomic E-state index is 12.1. The third kappa shape index (κ3) is 3.22. The molecule has 0 spiro atoms. The van der Waals surface area contributed by atoms with Crippen LogP contribution in [0.5, 0.6) is 0 Å². The summed E-state index contributed by atoms with van der Waals surface area (Å²) in [5, 5.41) is 11.7. The van der Waals surface area contributed by atoms with Crippen LogP contribution in [0.15, 0.2) is 24.3 Å². The predicted octanol–water partition coefficient (Wildman–Crippen LogP) is 0.480. The van der Waals surface area contributed by atoms with Crippen LogP contribution >= 0.6 is 0 Å². The Bertz CT molecular complexity index is 575. The van der Waals surface area contributed by atoms with Gasteiger partial charge in [0.25, 0.3) is 0 Å². The van der Waals surface area contributed by atoms with E-state index in [1.807, 2.05) is 0 Å². The number of carbonyl (C=O) groups excluding carboxylic acids is 2. The monoisotopic (exact) mass is 293 g/mol. The van der Waals surface area contributed by atoms with Gasteiger partial charge in [-0.3, -0.25) is 9.69 Å². The number of benzene rings is 1. The number of aliphatic carboxylic acids is 1. The van der Waals surface area contributed by atoms with E-state index in [1.165, 1.54) is 4.90 Å². The van der Waals surface area contributed by atoms with E-state index in [2.05, 4.69) is 10.1 Å². The van der Waals surface area contributed by atoms with Crippen molar-refractivity contribution in [3.05, 3.63) is 29.8 Å². The molecule has 1 aromatic carbocycles. The number of primary amides is 1. The smallest absolute Gasteiger partial charge is 0.404 e. The standard InChI is InChI=1S/C13H15N3O5/c14-12(19)21-6-5-15-13(20)16-7-9(11(17)18)8-3-1-2-4-10(8)16/h1-4,9H,5-7H2,(H2,14,19)(H,15,20)(H,17,18). The van der Waals surface area contributed by atoms with Crippen molar-refractivity contribution in [3.8, 4) is 0 Å². The molecule has 1 unspecified atom stereocenters. The number of carboxylic acids is 1. The molecule has 2 rings (SSSR count). The number of anilines is 1. The number of hydrogen-bond acceptors (Lipinski definition) is 4. The minimum absolute atomic E-state index is 0.0427. The van der Waals surface area contributed by atoms with Crippen LogP contribution in [0.3, 0.4) is 0 Å². The summed E-state index contributed by atoms with van der Waals surface area (Å²) in [6.45, 7) is 0.119. The molecule has 8 heteroatoms. The van der Waals surface area contributed by atoms with E-state index < -0.39 is 24.0 Å². The molecule has 0 radical (unpaired) electrons. The first-order valence-corrected chi connectivity index (χ1v) is 6.30. The van der Waals surface area contributed by atoms with E-state index in [1.54, 1.807) is 24.3 Å². The average molecular weight is 293 g/mol. The number of nitrogens with zero attached hydrogens (tertiary/aromatic N) is 1. The summed E-state index contributed by atoms with van der Waals surface area (Å²) >= 11 is 0. The molecule has 1 heterocycles. The van der Waals surface area contributed by atoms with Gasteiger partial charge >= 0.3 is 18.1 Å². The van der Waals surface area contributed by atoms with E-state index in [4.69, 9.17) is 5.73 Å². The lowest BCUT2D eigenvalue weighted by atomic mass is 10.0. The number of urea groups is 1. The second-order valence-corrected chi connectivity index (χ2v) is 4.46. The maximum Gasteiger partial charge on any atom is 0.404 e. The Balaban J connectivity index is 2.02. The highest BCUT2D eigenvalue weighted by Gasteiger charge is 2.36. The highest BCUT2D eigenvalue weighted by atomic mass is 16.5. The molecule has 1 aliphatic heterocycles.